The molecule has 164 valence electrons. The summed E-state index contributed by atoms with van der Waals surface area (Å²) < 4.78 is 27.0. The highest BCUT2D eigenvalue weighted by atomic mass is 32.2. The summed E-state index contributed by atoms with van der Waals surface area (Å²) in [5, 5.41) is 6.33. The average Bonchev–Trinajstić information content (AvgIpc) is 2.71. The van der Waals surface area contributed by atoms with E-state index >= 15 is 0 Å². The van der Waals surface area contributed by atoms with Crippen LogP contribution in [0.15, 0.2) is 29.4 Å². The van der Waals surface area contributed by atoms with Gasteiger partial charge in [0.1, 0.15) is 5.82 Å². The van der Waals surface area contributed by atoms with E-state index in [4.69, 9.17) is 0 Å². The largest absolute Gasteiger partial charge is 0.357 e. The molecule has 8 nitrogen and oxygen atoms in total. The molecule has 2 rings (SSSR count). The van der Waals surface area contributed by atoms with Gasteiger partial charge in [0.05, 0.1) is 5.75 Å². The van der Waals surface area contributed by atoms with Crippen LogP contribution in [0.3, 0.4) is 0 Å². The van der Waals surface area contributed by atoms with Gasteiger partial charge in [0.25, 0.3) is 0 Å². The lowest BCUT2D eigenvalue weighted by molar-refractivity contribution is 0.384. The van der Waals surface area contributed by atoms with Crippen LogP contribution in [0.1, 0.15) is 33.6 Å². The van der Waals surface area contributed by atoms with E-state index in [0.717, 1.165) is 31.7 Å². The molecule has 1 aliphatic rings. The smallest absolute Gasteiger partial charge is 0.215 e. The van der Waals surface area contributed by atoms with Crippen LogP contribution < -0.4 is 15.5 Å². The third-order valence-corrected chi connectivity index (χ3v) is 6.68. The molecule has 2 heterocycles. The molecular formula is C20H36N6O2S. The number of hydrogen-bond donors (Lipinski definition) is 2. The summed E-state index contributed by atoms with van der Waals surface area (Å²) in [5.74, 6) is 2.32. The molecule has 0 amide bonds. The average molecular weight is 425 g/mol. The minimum atomic E-state index is -3.29. The van der Waals surface area contributed by atoms with E-state index in [2.05, 4.69) is 39.4 Å². The molecule has 29 heavy (non-hydrogen) atoms. The third-order valence-electron chi connectivity index (χ3n) is 4.81. The maximum absolute atomic E-state index is 12.7. The molecule has 9 heteroatoms. The van der Waals surface area contributed by atoms with Crippen LogP contribution in [0.25, 0.3) is 0 Å². The fourth-order valence-electron chi connectivity index (χ4n) is 3.20. The Morgan fingerprint density at radius 2 is 1.97 bits per heavy atom. The van der Waals surface area contributed by atoms with Gasteiger partial charge in [0.2, 0.25) is 10.0 Å². The second kappa shape index (κ2) is 12.0. The number of aliphatic imine (C=N–C) groups is 1. The van der Waals surface area contributed by atoms with Gasteiger partial charge >= 0.3 is 0 Å². The van der Waals surface area contributed by atoms with Crippen molar-refractivity contribution in [3.8, 4) is 0 Å². The van der Waals surface area contributed by atoms with Gasteiger partial charge in [0.15, 0.2) is 5.96 Å². The zero-order chi connectivity index (χ0) is 21.1. The van der Waals surface area contributed by atoms with E-state index < -0.39 is 10.0 Å². The first-order valence-electron chi connectivity index (χ1n) is 10.6. The molecule has 1 aromatic heterocycles. The van der Waals surface area contributed by atoms with Crippen LogP contribution in [-0.2, 0) is 10.0 Å². The van der Waals surface area contributed by atoms with E-state index in [1.54, 1.807) is 10.5 Å². The summed E-state index contributed by atoms with van der Waals surface area (Å²) in [6.07, 6.45) is 3.94. The lowest BCUT2D eigenvalue weighted by Gasteiger charge is -2.34. The number of anilines is 1. The Morgan fingerprint density at radius 1 is 1.21 bits per heavy atom. The Labute approximate surface area is 175 Å². The molecule has 2 N–H and O–H groups in total. The maximum atomic E-state index is 12.7. The summed E-state index contributed by atoms with van der Waals surface area (Å²) in [5.41, 5.74) is 0. The lowest BCUT2D eigenvalue weighted by atomic mass is 10.1. The van der Waals surface area contributed by atoms with Crippen LogP contribution in [0, 0.1) is 5.92 Å². The summed E-state index contributed by atoms with van der Waals surface area (Å²) in [7, 11) is -3.29. The second-order valence-corrected chi connectivity index (χ2v) is 9.70. The van der Waals surface area contributed by atoms with Crippen LogP contribution in [0.5, 0.6) is 0 Å². The number of hydrogen-bond acceptors (Lipinski definition) is 5. The van der Waals surface area contributed by atoms with Gasteiger partial charge in [-0.3, -0.25) is 4.99 Å². The minimum Gasteiger partial charge on any atom is -0.357 e. The quantitative estimate of drug-likeness (QED) is 0.336. The SMILES string of the molecule is CCNC(=NCCCC(C)C)NCCS(=O)(=O)N1CCN(c2ccccn2)CC1. The highest BCUT2D eigenvalue weighted by Crippen LogP contribution is 2.14. The van der Waals surface area contributed by atoms with Crippen molar-refractivity contribution in [1.29, 1.82) is 0 Å². The van der Waals surface area contributed by atoms with Gasteiger partial charge in [-0.1, -0.05) is 19.9 Å². The minimum absolute atomic E-state index is 0.0625. The predicted molar refractivity (Wildman–Crippen MR) is 120 cm³/mol. The number of rotatable bonds is 10. The van der Waals surface area contributed by atoms with Crippen LogP contribution in [0.4, 0.5) is 5.82 Å². The van der Waals surface area contributed by atoms with Gasteiger partial charge in [-0.15, -0.1) is 0 Å². The Morgan fingerprint density at radius 3 is 2.59 bits per heavy atom. The van der Waals surface area contributed by atoms with Crippen molar-refractivity contribution >= 4 is 21.8 Å². The molecular weight excluding hydrogens is 388 g/mol. The summed E-state index contributed by atoms with van der Waals surface area (Å²) in [6.45, 7) is 10.5. The summed E-state index contributed by atoms with van der Waals surface area (Å²) in [4.78, 5) is 11.0. The van der Waals surface area contributed by atoms with Crippen LogP contribution >= 0.6 is 0 Å². The Bertz CT molecular complexity index is 716. The first-order chi connectivity index (χ1) is 13.9. The molecule has 1 fully saturated rings. The Balaban J connectivity index is 1.77. The maximum Gasteiger partial charge on any atom is 0.215 e. The molecule has 0 aliphatic carbocycles. The molecule has 0 radical (unpaired) electrons. The van der Waals surface area contributed by atoms with E-state index in [9.17, 15) is 8.42 Å². The van der Waals surface area contributed by atoms with E-state index in [1.165, 1.54) is 0 Å². The van der Waals surface area contributed by atoms with Crippen LogP contribution in [0.2, 0.25) is 0 Å². The molecule has 0 unspecified atom stereocenters. The highest BCUT2D eigenvalue weighted by Gasteiger charge is 2.27. The predicted octanol–water partition coefficient (Wildman–Crippen LogP) is 1.52. The van der Waals surface area contributed by atoms with Crippen molar-refractivity contribution in [1.82, 2.24) is 19.9 Å². The van der Waals surface area contributed by atoms with Gasteiger partial charge in [-0.05, 0) is 37.8 Å². The second-order valence-electron chi connectivity index (χ2n) is 7.61. The number of nitrogens with zero attached hydrogens (tertiary/aromatic N) is 4. The number of guanidine groups is 1. The Kier molecular flexibility index (Phi) is 9.66. The standard InChI is InChI=1S/C20H36N6O2S/c1-4-21-20(23-11-7-8-18(2)3)24-12-17-29(27,28)26-15-13-25(14-16-26)19-9-5-6-10-22-19/h5-6,9-10,18H,4,7-8,11-17H2,1-3H3,(H2,21,23,24). The number of pyridine rings is 1. The topological polar surface area (TPSA) is 89.9 Å². The monoisotopic (exact) mass is 424 g/mol. The van der Waals surface area contributed by atoms with Crippen molar-refractivity contribution in [2.24, 2.45) is 10.9 Å². The molecule has 1 aromatic rings. The summed E-state index contributed by atoms with van der Waals surface area (Å²) >= 11 is 0. The zero-order valence-corrected chi connectivity index (χ0v) is 18.8. The van der Waals surface area contributed by atoms with E-state index in [0.29, 0.717) is 44.6 Å². The van der Waals surface area contributed by atoms with Crippen molar-refractivity contribution in [2.45, 2.75) is 33.6 Å². The van der Waals surface area contributed by atoms with Crippen molar-refractivity contribution < 1.29 is 8.42 Å². The highest BCUT2D eigenvalue weighted by molar-refractivity contribution is 7.89. The first-order valence-corrected chi connectivity index (χ1v) is 12.2. The number of sulfonamides is 1. The van der Waals surface area contributed by atoms with Gasteiger partial charge < -0.3 is 15.5 Å². The molecule has 0 aromatic carbocycles. The fourth-order valence-corrected chi connectivity index (χ4v) is 4.53. The van der Waals surface area contributed by atoms with Crippen molar-refractivity contribution in [2.75, 3.05) is 56.5 Å². The molecule has 1 saturated heterocycles. The van der Waals surface area contributed by atoms with E-state index in [-0.39, 0.29) is 5.75 Å². The number of nitrogens with one attached hydrogen (secondary N) is 2. The van der Waals surface area contributed by atoms with Crippen LogP contribution in [-0.4, -0.2) is 75.2 Å². The molecule has 0 bridgehead atoms. The molecule has 0 spiro atoms. The molecule has 0 saturated carbocycles. The zero-order valence-electron chi connectivity index (χ0n) is 18.0. The molecule has 1 aliphatic heterocycles. The van der Waals surface area contributed by atoms with Crippen molar-refractivity contribution in [3.63, 3.8) is 0 Å². The van der Waals surface area contributed by atoms with Gasteiger partial charge in [-0.25, -0.2) is 13.4 Å². The Hall–Kier alpha value is -1.87. The fraction of sp³-hybridized carbons (Fsp3) is 0.700. The number of aromatic nitrogens is 1. The normalized spacial score (nSPS) is 16.3. The third kappa shape index (κ3) is 8.18. The molecule has 0 atom stereocenters. The number of piperazine rings is 1. The first kappa shape index (κ1) is 23.4. The van der Waals surface area contributed by atoms with Crippen molar-refractivity contribution in [3.05, 3.63) is 24.4 Å². The van der Waals surface area contributed by atoms with Gasteiger partial charge in [-0.2, -0.15) is 4.31 Å². The van der Waals surface area contributed by atoms with Gasteiger partial charge in [0, 0.05) is 52.0 Å². The lowest BCUT2D eigenvalue weighted by Crippen LogP contribution is -2.50. The summed E-state index contributed by atoms with van der Waals surface area (Å²) in [6, 6.07) is 5.78. The van der Waals surface area contributed by atoms with E-state index in [1.807, 2.05) is 25.1 Å².